The number of aromatic nitrogens is 3. The Morgan fingerprint density at radius 3 is 2.75 bits per heavy atom. The maximum atomic E-state index is 13.2. The zero-order valence-corrected chi connectivity index (χ0v) is 22.9. The molecule has 0 bridgehead atoms. The maximum absolute atomic E-state index is 13.2. The number of thiazole rings is 1. The number of aliphatic carboxylic acids is 1. The van der Waals surface area contributed by atoms with E-state index in [2.05, 4.69) is 22.8 Å². The van der Waals surface area contributed by atoms with Gasteiger partial charge in [-0.25, -0.2) is 9.97 Å². The molecule has 0 spiro atoms. The molecule has 4 heterocycles. The number of rotatable bonds is 8. The molecular weight excluding hydrogens is 524 g/mol. The standard InChI is InChI=1S/C31H28N4O4S/c1-20-27(40-31(33-20)22-8-3-2-4-9-22)18-35-26-17-34(14-12-24(26)25-11-6-13-32-30(25)35)28(36)19-39-23-10-5-7-21(15-23)16-29(37)38/h2-11,13,15H,12,14,16-19H2,1H3,(H,37,38). The minimum atomic E-state index is -0.910. The number of carboxylic acid groups (broad SMARTS) is 1. The fraction of sp³-hybridized carbons (Fsp3) is 0.226. The monoisotopic (exact) mass is 552 g/mol. The highest BCUT2D eigenvalue weighted by Gasteiger charge is 2.28. The van der Waals surface area contributed by atoms with Gasteiger partial charge in [-0.2, -0.15) is 0 Å². The molecular formula is C31H28N4O4S. The van der Waals surface area contributed by atoms with Gasteiger partial charge in [0.05, 0.1) is 25.2 Å². The van der Waals surface area contributed by atoms with E-state index in [1.54, 1.807) is 35.6 Å². The largest absolute Gasteiger partial charge is 0.484 e. The van der Waals surface area contributed by atoms with Crippen molar-refractivity contribution in [3.05, 3.63) is 100 Å². The van der Waals surface area contributed by atoms with Crippen molar-refractivity contribution < 1.29 is 19.4 Å². The third-order valence-corrected chi connectivity index (χ3v) is 8.39. The number of pyridine rings is 1. The van der Waals surface area contributed by atoms with E-state index in [9.17, 15) is 9.59 Å². The summed E-state index contributed by atoms with van der Waals surface area (Å²) in [4.78, 5) is 36.8. The van der Waals surface area contributed by atoms with Crippen LogP contribution in [0.25, 0.3) is 21.6 Å². The van der Waals surface area contributed by atoms with Gasteiger partial charge < -0.3 is 19.3 Å². The molecule has 0 atom stereocenters. The second-order valence-corrected chi connectivity index (χ2v) is 10.9. The van der Waals surface area contributed by atoms with Crippen LogP contribution in [0.4, 0.5) is 0 Å². The summed E-state index contributed by atoms with van der Waals surface area (Å²) in [6.45, 7) is 3.63. The van der Waals surface area contributed by atoms with Gasteiger partial charge in [-0.3, -0.25) is 9.59 Å². The lowest BCUT2D eigenvalue weighted by Crippen LogP contribution is -2.39. The molecule has 9 heteroatoms. The SMILES string of the molecule is Cc1nc(-c2ccccc2)sc1Cn1c2c(c3cccnc31)CCN(C(=O)COc1cccc(CC(=O)O)c1)C2. The number of carbonyl (C=O) groups is 2. The van der Waals surface area contributed by atoms with Crippen molar-refractivity contribution in [2.75, 3.05) is 13.2 Å². The molecule has 0 radical (unpaired) electrons. The summed E-state index contributed by atoms with van der Waals surface area (Å²) >= 11 is 1.69. The molecule has 1 aliphatic heterocycles. The summed E-state index contributed by atoms with van der Waals surface area (Å²) in [5.74, 6) is -0.538. The molecule has 1 aliphatic rings. The number of benzene rings is 2. The Bertz CT molecular complexity index is 1710. The van der Waals surface area contributed by atoms with Crippen molar-refractivity contribution >= 4 is 34.2 Å². The first-order chi connectivity index (χ1) is 19.5. The van der Waals surface area contributed by atoms with Crippen molar-refractivity contribution in [2.24, 2.45) is 0 Å². The number of hydrogen-bond donors (Lipinski definition) is 1. The molecule has 0 aliphatic carbocycles. The van der Waals surface area contributed by atoms with Crippen molar-refractivity contribution in [1.82, 2.24) is 19.4 Å². The lowest BCUT2D eigenvalue weighted by atomic mass is 10.0. The van der Waals surface area contributed by atoms with Gasteiger partial charge in [0, 0.05) is 34.3 Å². The second-order valence-electron chi connectivity index (χ2n) is 9.85. The van der Waals surface area contributed by atoms with Gasteiger partial charge in [0.15, 0.2) is 6.61 Å². The van der Waals surface area contributed by atoms with E-state index in [1.807, 2.05) is 42.3 Å². The van der Waals surface area contributed by atoms with E-state index >= 15 is 0 Å². The number of ether oxygens (including phenoxy) is 1. The van der Waals surface area contributed by atoms with Gasteiger partial charge in [-0.05, 0) is 48.7 Å². The third kappa shape index (κ3) is 5.20. The van der Waals surface area contributed by atoms with E-state index in [4.69, 9.17) is 19.8 Å². The molecule has 5 aromatic rings. The van der Waals surface area contributed by atoms with Gasteiger partial charge in [-0.1, -0.05) is 42.5 Å². The summed E-state index contributed by atoms with van der Waals surface area (Å²) in [6.07, 6.45) is 2.46. The zero-order chi connectivity index (χ0) is 27.6. The number of carboxylic acids is 1. The number of nitrogens with zero attached hydrogens (tertiary/aromatic N) is 4. The third-order valence-electron chi connectivity index (χ3n) is 7.20. The average Bonchev–Trinajstić information content (AvgIpc) is 3.49. The molecule has 0 saturated heterocycles. The summed E-state index contributed by atoms with van der Waals surface area (Å²) in [5.41, 5.74) is 5.97. The van der Waals surface area contributed by atoms with Crippen LogP contribution in [-0.2, 0) is 35.5 Å². The van der Waals surface area contributed by atoms with Crippen LogP contribution in [0.2, 0.25) is 0 Å². The first kappa shape index (κ1) is 25.8. The van der Waals surface area contributed by atoms with Gasteiger partial charge in [0.2, 0.25) is 0 Å². The zero-order valence-electron chi connectivity index (χ0n) is 22.0. The van der Waals surface area contributed by atoms with E-state index in [1.165, 1.54) is 5.56 Å². The summed E-state index contributed by atoms with van der Waals surface area (Å²) in [6, 6.07) is 21.1. The first-order valence-corrected chi connectivity index (χ1v) is 14.0. The van der Waals surface area contributed by atoms with E-state index in [-0.39, 0.29) is 18.9 Å². The predicted molar refractivity (Wildman–Crippen MR) is 154 cm³/mol. The van der Waals surface area contributed by atoms with Gasteiger partial charge in [-0.15, -0.1) is 11.3 Å². The van der Waals surface area contributed by atoms with Crippen LogP contribution in [0.5, 0.6) is 5.75 Å². The Hall–Kier alpha value is -4.50. The lowest BCUT2D eigenvalue weighted by Gasteiger charge is -2.28. The van der Waals surface area contributed by atoms with Gasteiger partial charge >= 0.3 is 5.97 Å². The van der Waals surface area contributed by atoms with Crippen molar-refractivity contribution in [2.45, 2.75) is 32.9 Å². The van der Waals surface area contributed by atoms with E-state index < -0.39 is 5.97 Å². The molecule has 6 rings (SSSR count). The molecule has 8 nitrogen and oxygen atoms in total. The highest BCUT2D eigenvalue weighted by molar-refractivity contribution is 7.15. The Kier molecular flexibility index (Phi) is 7.04. The predicted octanol–water partition coefficient (Wildman–Crippen LogP) is 5.11. The summed E-state index contributed by atoms with van der Waals surface area (Å²) in [5, 5.41) is 11.2. The van der Waals surface area contributed by atoms with Crippen molar-refractivity contribution in [3.63, 3.8) is 0 Å². The van der Waals surface area contributed by atoms with Crippen molar-refractivity contribution in [1.29, 1.82) is 0 Å². The Morgan fingerprint density at radius 1 is 1.07 bits per heavy atom. The molecule has 2 aromatic carbocycles. The molecule has 3 aromatic heterocycles. The van der Waals surface area contributed by atoms with Crippen LogP contribution in [0.15, 0.2) is 72.9 Å². The minimum Gasteiger partial charge on any atom is -0.484 e. The fourth-order valence-electron chi connectivity index (χ4n) is 5.22. The normalized spacial score (nSPS) is 12.9. The van der Waals surface area contributed by atoms with Gasteiger partial charge in [0.25, 0.3) is 5.91 Å². The number of amides is 1. The number of hydrogen-bond acceptors (Lipinski definition) is 6. The maximum Gasteiger partial charge on any atom is 0.307 e. The van der Waals surface area contributed by atoms with E-state index in [0.717, 1.165) is 44.3 Å². The number of carbonyl (C=O) groups excluding carboxylic acids is 1. The first-order valence-electron chi connectivity index (χ1n) is 13.1. The molecule has 0 saturated carbocycles. The number of aryl methyl sites for hydroxylation is 1. The number of fused-ring (bicyclic) bond motifs is 3. The minimum absolute atomic E-state index is 0.0926. The highest BCUT2D eigenvalue weighted by Crippen LogP contribution is 2.33. The molecule has 40 heavy (non-hydrogen) atoms. The second kappa shape index (κ2) is 10.9. The Morgan fingerprint density at radius 2 is 1.93 bits per heavy atom. The summed E-state index contributed by atoms with van der Waals surface area (Å²) < 4.78 is 8.00. The van der Waals surface area contributed by atoms with Crippen LogP contribution in [-0.4, -0.2) is 49.6 Å². The van der Waals surface area contributed by atoms with Crippen LogP contribution in [0.1, 0.15) is 27.4 Å². The molecule has 1 N–H and O–H groups in total. The van der Waals surface area contributed by atoms with E-state index in [0.29, 0.717) is 30.9 Å². The van der Waals surface area contributed by atoms with Gasteiger partial charge in [0.1, 0.15) is 16.4 Å². The average molecular weight is 553 g/mol. The van der Waals surface area contributed by atoms with Crippen LogP contribution >= 0.6 is 11.3 Å². The Labute approximate surface area is 235 Å². The molecule has 0 unspecified atom stereocenters. The Balaban J connectivity index is 1.23. The van der Waals surface area contributed by atoms with Crippen LogP contribution in [0.3, 0.4) is 0 Å². The molecule has 0 fully saturated rings. The summed E-state index contributed by atoms with van der Waals surface area (Å²) in [7, 11) is 0. The lowest BCUT2D eigenvalue weighted by molar-refractivity contribution is -0.136. The quantitative estimate of drug-likeness (QED) is 0.287. The smallest absolute Gasteiger partial charge is 0.307 e. The van der Waals surface area contributed by atoms with Crippen LogP contribution < -0.4 is 4.74 Å². The topological polar surface area (TPSA) is 97.5 Å². The fourth-order valence-corrected chi connectivity index (χ4v) is 6.28. The van der Waals surface area contributed by atoms with Crippen LogP contribution in [0, 0.1) is 6.92 Å². The highest BCUT2D eigenvalue weighted by atomic mass is 32.1. The molecule has 1 amide bonds. The van der Waals surface area contributed by atoms with Crippen molar-refractivity contribution in [3.8, 4) is 16.3 Å². The molecule has 202 valence electrons.